The molecule has 8 aromatic carbocycles. The second-order valence-corrected chi connectivity index (χ2v) is 15.0. The lowest BCUT2D eigenvalue weighted by molar-refractivity contribution is 0.627. The molecule has 298 valence electrons. The molecule has 0 saturated carbocycles. The predicted octanol–water partition coefficient (Wildman–Crippen LogP) is 13.6. The predicted molar refractivity (Wildman–Crippen MR) is 244 cm³/mol. The van der Waals surface area contributed by atoms with Crippen molar-refractivity contribution >= 4 is 21.9 Å². The van der Waals surface area contributed by atoms with Crippen LogP contribution in [0.15, 0.2) is 199 Å². The summed E-state index contributed by atoms with van der Waals surface area (Å²) in [6, 6.07) is 60.6. The number of furan rings is 1. The number of hydrogen-bond donors (Lipinski definition) is 0. The van der Waals surface area contributed by atoms with E-state index in [1.54, 1.807) is 24.3 Å². The van der Waals surface area contributed by atoms with Crippen LogP contribution in [0.5, 0.6) is 0 Å². The molecule has 0 fully saturated rings. The zero-order valence-corrected chi connectivity index (χ0v) is 33.3. The highest BCUT2D eigenvalue weighted by Gasteiger charge is 2.16. The third kappa shape index (κ3) is 7.49. The largest absolute Gasteiger partial charge is 0.456 e. The first-order valence-electron chi connectivity index (χ1n) is 20.3. The molecule has 3 heterocycles. The van der Waals surface area contributed by atoms with Gasteiger partial charge in [-0.25, -0.2) is 38.7 Å². The van der Waals surface area contributed by atoms with Crippen molar-refractivity contribution in [3.05, 3.63) is 206 Å². The van der Waals surface area contributed by atoms with E-state index in [1.165, 1.54) is 24.3 Å². The molecule has 0 radical (unpaired) electrons. The van der Waals surface area contributed by atoms with Crippen molar-refractivity contribution in [1.29, 1.82) is 0 Å². The number of aromatic nitrogens is 6. The molecule has 0 aliphatic carbocycles. The summed E-state index contributed by atoms with van der Waals surface area (Å²) in [6.07, 6.45) is 0. The van der Waals surface area contributed by atoms with E-state index in [9.17, 15) is 8.78 Å². The van der Waals surface area contributed by atoms with Crippen LogP contribution in [0.25, 0.3) is 113 Å². The van der Waals surface area contributed by atoms with Crippen LogP contribution in [0.4, 0.5) is 8.78 Å². The first-order valence-corrected chi connectivity index (χ1v) is 20.3. The molecule has 0 aliphatic heterocycles. The number of fused-ring (bicyclic) bond motifs is 3. The number of rotatable bonds is 8. The first-order chi connectivity index (χ1) is 31.0. The summed E-state index contributed by atoms with van der Waals surface area (Å²) < 4.78 is 33.9. The molecule has 0 unspecified atom stereocenters. The van der Waals surface area contributed by atoms with Gasteiger partial charge in [-0.3, -0.25) is 0 Å². The molecule has 0 aliphatic rings. The molecule has 0 amide bonds. The van der Waals surface area contributed by atoms with Crippen LogP contribution in [0, 0.1) is 11.6 Å². The van der Waals surface area contributed by atoms with E-state index in [1.807, 2.05) is 97.1 Å². The van der Waals surface area contributed by atoms with Crippen molar-refractivity contribution in [3.63, 3.8) is 0 Å². The van der Waals surface area contributed by atoms with E-state index >= 15 is 0 Å². The lowest BCUT2D eigenvalue weighted by Crippen LogP contribution is -2.00. The highest BCUT2D eigenvalue weighted by atomic mass is 19.1. The Morgan fingerprint density at radius 2 is 0.508 bits per heavy atom. The molecule has 9 heteroatoms. The van der Waals surface area contributed by atoms with Gasteiger partial charge in [0, 0.05) is 44.2 Å². The van der Waals surface area contributed by atoms with Gasteiger partial charge in [0.05, 0.1) is 0 Å². The van der Waals surface area contributed by atoms with Crippen LogP contribution in [-0.4, -0.2) is 29.9 Å². The number of hydrogen-bond acceptors (Lipinski definition) is 7. The van der Waals surface area contributed by atoms with Gasteiger partial charge in [-0.2, -0.15) is 0 Å². The fourth-order valence-electron chi connectivity index (χ4n) is 7.66. The van der Waals surface area contributed by atoms with Gasteiger partial charge in [0.15, 0.2) is 34.9 Å². The minimum absolute atomic E-state index is 0.324. The van der Waals surface area contributed by atoms with E-state index in [0.29, 0.717) is 46.1 Å². The number of nitrogens with zero attached hydrogens (tertiary/aromatic N) is 6. The van der Waals surface area contributed by atoms with Crippen LogP contribution in [0.2, 0.25) is 0 Å². The lowest BCUT2D eigenvalue weighted by atomic mass is 9.99. The number of halogens is 2. The summed E-state index contributed by atoms with van der Waals surface area (Å²) >= 11 is 0. The summed E-state index contributed by atoms with van der Waals surface area (Å²) in [6.45, 7) is 0. The average Bonchev–Trinajstić information content (AvgIpc) is 3.72. The minimum Gasteiger partial charge on any atom is -0.456 e. The Hall–Kier alpha value is -8.56. The van der Waals surface area contributed by atoms with Gasteiger partial charge in [-0.1, -0.05) is 121 Å². The molecule has 11 rings (SSSR count). The van der Waals surface area contributed by atoms with Gasteiger partial charge in [0.2, 0.25) is 0 Å². The Morgan fingerprint density at radius 1 is 0.254 bits per heavy atom. The summed E-state index contributed by atoms with van der Waals surface area (Å²) in [5.74, 6) is 2.40. The van der Waals surface area contributed by atoms with Crippen molar-refractivity contribution in [3.8, 4) is 90.6 Å². The van der Waals surface area contributed by atoms with Crippen molar-refractivity contribution in [2.45, 2.75) is 0 Å². The quantitative estimate of drug-likeness (QED) is 0.151. The van der Waals surface area contributed by atoms with E-state index in [-0.39, 0.29) is 11.6 Å². The monoisotopic (exact) mass is 818 g/mol. The Morgan fingerprint density at radius 3 is 0.825 bits per heavy atom. The SMILES string of the molecule is Fc1ccc(-c2nc(-c3ccccc3)nc(-c3ccc(-c4ccc5oc6ccc(-c7ccc(-c8nc(-c9ccccc9)nc(-c9ccc(F)cc9)n8)cc7)cc6c5c4)cc3)n2)cc1. The van der Waals surface area contributed by atoms with E-state index in [2.05, 4.69) is 48.5 Å². The van der Waals surface area contributed by atoms with E-state index in [4.69, 9.17) is 34.3 Å². The van der Waals surface area contributed by atoms with Gasteiger partial charge in [-0.05, 0) is 95.1 Å². The van der Waals surface area contributed by atoms with Gasteiger partial charge < -0.3 is 4.42 Å². The van der Waals surface area contributed by atoms with E-state index in [0.717, 1.165) is 66.4 Å². The second-order valence-electron chi connectivity index (χ2n) is 15.0. The molecule has 0 spiro atoms. The molecule has 0 bridgehead atoms. The zero-order valence-electron chi connectivity index (χ0n) is 33.3. The Labute approximate surface area is 360 Å². The highest BCUT2D eigenvalue weighted by Crippen LogP contribution is 2.36. The van der Waals surface area contributed by atoms with Crippen molar-refractivity contribution in [1.82, 2.24) is 29.9 Å². The van der Waals surface area contributed by atoms with Crippen LogP contribution < -0.4 is 0 Å². The average molecular weight is 819 g/mol. The topological polar surface area (TPSA) is 90.5 Å². The lowest BCUT2D eigenvalue weighted by Gasteiger charge is -2.09. The maximum atomic E-state index is 13.8. The Kier molecular flexibility index (Phi) is 9.39. The molecular formula is C54H32F2N6O. The molecule has 0 saturated heterocycles. The van der Waals surface area contributed by atoms with Crippen molar-refractivity contribution in [2.24, 2.45) is 0 Å². The molecule has 3 aromatic heterocycles. The maximum absolute atomic E-state index is 13.8. The Bertz CT molecular complexity index is 3200. The first kappa shape index (κ1) is 37.4. The normalized spacial score (nSPS) is 11.3. The fourth-order valence-corrected chi connectivity index (χ4v) is 7.66. The molecule has 11 aromatic rings. The van der Waals surface area contributed by atoms with Crippen LogP contribution in [0.1, 0.15) is 0 Å². The van der Waals surface area contributed by atoms with Crippen LogP contribution in [-0.2, 0) is 0 Å². The highest BCUT2D eigenvalue weighted by molar-refractivity contribution is 6.07. The third-order valence-corrected chi connectivity index (χ3v) is 11.0. The number of benzene rings is 8. The summed E-state index contributed by atoms with van der Waals surface area (Å²) in [5, 5.41) is 2.01. The maximum Gasteiger partial charge on any atom is 0.164 e. The molecular weight excluding hydrogens is 787 g/mol. The fraction of sp³-hybridized carbons (Fsp3) is 0. The molecule has 63 heavy (non-hydrogen) atoms. The summed E-state index contributed by atoms with van der Waals surface area (Å²) in [4.78, 5) is 28.8. The van der Waals surface area contributed by atoms with E-state index < -0.39 is 0 Å². The van der Waals surface area contributed by atoms with Crippen molar-refractivity contribution < 1.29 is 13.2 Å². The Balaban J connectivity index is 0.902. The third-order valence-electron chi connectivity index (χ3n) is 11.0. The zero-order chi connectivity index (χ0) is 42.3. The van der Waals surface area contributed by atoms with Gasteiger partial charge in [0.25, 0.3) is 0 Å². The smallest absolute Gasteiger partial charge is 0.164 e. The van der Waals surface area contributed by atoms with Crippen LogP contribution in [0.3, 0.4) is 0 Å². The molecule has 0 N–H and O–H groups in total. The summed E-state index contributed by atoms with van der Waals surface area (Å²) in [5.41, 5.74) is 10.5. The van der Waals surface area contributed by atoms with Gasteiger partial charge in [-0.15, -0.1) is 0 Å². The standard InChI is InChI=1S/C54H32F2N6O/c55-43-25-19-39(20-26-43)53-59-49(35-7-3-1-4-8-35)57-51(61-53)37-15-11-33(12-16-37)41-23-29-47-45(31-41)46-32-42(24-30-48(46)63-47)34-13-17-38(18-14-34)52-58-50(36-9-5-2-6-10-36)60-54(62-52)40-21-27-44(56)28-22-40/h1-32H. The molecule has 7 nitrogen and oxygen atoms in total. The summed E-state index contributed by atoms with van der Waals surface area (Å²) in [7, 11) is 0. The second kappa shape index (κ2) is 15.8. The molecule has 0 atom stereocenters. The van der Waals surface area contributed by atoms with Gasteiger partial charge >= 0.3 is 0 Å². The van der Waals surface area contributed by atoms with Crippen molar-refractivity contribution in [2.75, 3.05) is 0 Å². The van der Waals surface area contributed by atoms with Crippen LogP contribution >= 0.6 is 0 Å². The van der Waals surface area contributed by atoms with Gasteiger partial charge in [0.1, 0.15) is 22.8 Å². The minimum atomic E-state index is -0.324.